The Morgan fingerprint density at radius 1 is 1.24 bits per heavy atom. The van der Waals surface area contributed by atoms with Crippen molar-refractivity contribution in [2.45, 2.75) is 6.18 Å². The molecule has 0 bridgehead atoms. The van der Waals surface area contributed by atoms with E-state index >= 15 is 0 Å². The molecule has 0 radical (unpaired) electrons. The highest BCUT2D eigenvalue weighted by Gasteiger charge is 2.30. The number of rotatable bonds is 3. The molecule has 21 heavy (non-hydrogen) atoms. The molecule has 0 amide bonds. The highest BCUT2D eigenvalue weighted by molar-refractivity contribution is 5.97. The molecule has 1 heterocycles. The first kappa shape index (κ1) is 14.6. The van der Waals surface area contributed by atoms with E-state index in [9.17, 15) is 13.2 Å². The summed E-state index contributed by atoms with van der Waals surface area (Å²) in [5.74, 6) is -0.644. The molecule has 0 unspecified atom stereocenters. The third-order valence-electron chi connectivity index (χ3n) is 2.39. The average molecular weight is 298 g/mol. The number of nitrogens with zero attached hydrogens (tertiary/aromatic N) is 3. The Labute approximate surface area is 116 Å². The molecule has 2 aromatic rings. The van der Waals surface area contributed by atoms with E-state index < -0.39 is 11.7 Å². The van der Waals surface area contributed by atoms with Crippen molar-refractivity contribution < 1.29 is 23.1 Å². The van der Waals surface area contributed by atoms with Gasteiger partial charge in [0.05, 0.1) is 5.56 Å². The molecule has 0 aliphatic heterocycles. The van der Waals surface area contributed by atoms with Crippen LogP contribution in [0.2, 0.25) is 0 Å². The molecule has 3 N–H and O–H groups in total. The fourth-order valence-electron chi connectivity index (χ4n) is 1.47. The van der Waals surface area contributed by atoms with Crippen molar-refractivity contribution in [2.75, 3.05) is 0 Å². The Bertz CT molecular complexity index is 674. The zero-order valence-corrected chi connectivity index (χ0v) is 10.4. The minimum atomic E-state index is -4.49. The molecule has 1 aromatic heterocycles. The maximum atomic E-state index is 12.6. The van der Waals surface area contributed by atoms with Crippen LogP contribution in [0.4, 0.5) is 13.2 Å². The number of halogens is 3. The van der Waals surface area contributed by atoms with E-state index in [0.717, 1.165) is 12.1 Å². The molecule has 0 fully saturated rings. The molecule has 0 saturated carbocycles. The van der Waals surface area contributed by atoms with Crippen LogP contribution in [0.1, 0.15) is 11.3 Å². The van der Waals surface area contributed by atoms with Gasteiger partial charge < -0.3 is 15.7 Å². The van der Waals surface area contributed by atoms with Crippen LogP contribution in [0.15, 0.2) is 41.8 Å². The summed E-state index contributed by atoms with van der Waals surface area (Å²) in [6.45, 7) is 0. The third-order valence-corrected chi connectivity index (χ3v) is 2.39. The molecule has 110 valence electrons. The lowest BCUT2D eigenvalue weighted by Gasteiger charge is -2.10. The fraction of sp³-hybridized carbons (Fsp3) is 0.0833. The van der Waals surface area contributed by atoms with Crippen molar-refractivity contribution in [3.05, 3.63) is 47.9 Å². The molecule has 0 aliphatic rings. The number of hydrogen-bond acceptors (Lipinski definition) is 5. The van der Waals surface area contributed by atoms with Gasteiger partial charge in [-0.15, -0.1) is 0 Å². The Morgan fingerprint density at radius 2 is 1.95 bits per heavy atom. The van der Waals surface area contributed by atoms with Crippen LogP contribution < -0.4 is 10.5 Å². The van der Waals surface area contributed by atoms with E-state index in [1.807, 2.05) is 0 Å². The Kier molecular flexibility index (Phi) is 3.92. The van der Waals surface area contributed by atoms with Gasteiger partial charge in [0, 0.05) is 12.4 Å². The number of oxime groups is 1. The van der Waals surface area contributed by atoms with Gasteiger partial charge in [-0.1, -0.05) is 11.2 Å². The van der Waals surface area contributed by atoms with Crippen LogP contribution in [0.5, 0.6) is 11.6 Å². The lowest BCUT2D eigenvalue weighted by atomic mass is 10.2. The second kappa shape index (κ2) is 5.65. The summed E-state index contributed by atoms with van der Waals surface area (Å²) in [4.78, 5) is 7.59. The van der Waals surface area contributed by atoms with Gasteiger partial charge >= 0.3 is 6.18 Å². The van der Waals surface area contributed by atoms with Crippen molar-refractivity contribution in [3.63, 3.8) is 0 Å². The van der Waals surface area contributed by atoms with Gasteiger partial charge in [-0.3, -0.25) is 0 Å². The van der Waals surface area contributed by atoms with Gasteiger partial charge in [-0.25, -0.2) is 9.97 Å². The molecule has 0 aliphatic carbocycles. The van der Waals surface area contributed by atoms with E-state index in [0.29, 0.717) is 0 Å². The molecule has 0 spiro atoms. The van der Waals surface area contributed by atoms with Crippen LogP contribution in [0.25, 0.3) is 0 Å². The predicted molar refractivity (Wildman–Crippen MR) is 66.1 cm³/mol. The molecule has 1 aromatic carbocycles. The normalized spacial score (nSPS) is 12.2. The lowest BCUT2D eigenvalue weighted by molar-refractivity contribution is -0.137. The molecule has 6 nitrogen and oxygen atoms in total. The third kappa shape index (κ3) is 3.38. The standard InChI is InChI=1S/C12H9F3N4O2/c13-12(14,15)7-2-1-3-8(6-7)21-11-9(10(16)19-20)17-4-5-18-11/h1-6,20H,(H2,16,19). The summed E-state index contributed by atoms with van der Waals surface area (Å²) in [6, 6.07) is 4.23. The van der Waals surface area contributed by atoms with Gasteiger partial charge in [0.1, 0.15) is 5.75 Å². The lowest BCUT2D eigenvalue weighted by Crippen LogP contribution is -2.16. The van der Waals surface area contributed by atoms with E-state index in [1.165, 1.54) is 24.5 Å². The number of ether oxygens (including phenoxy) is 1. The summed E-state index contributed by atoms with van der Waals surface area (Å²) < 4.78 is 43.1. The van der Waals surface area contributed by atoms with Crippen LogP contribution >= 0.6 is 0 Å². The van der Waals surface area contributed by atoms with Gasteiger partial charge in [0.15, 0.2) is 11.5 Å². The Hall–Kier alpha value is -2.84. The highest BCUT2D eigenvalue weighted by atomic mass is 19.4. The maximum absolute atomic E-state index is 12.6. The molecular weight excluding hydrogens is 289 g/mol. The molecular formula is C12H9F3N4O2. The summed E-state index contributed by atoms with van der Waals surface area (Å²) in [5, 5.41) is 11.4. The van der Waals surface area contributed by atoms with Crippen LogP contribution in [0, 0.1) is 0 Å². The van der Waals surface area contributed by atoms with E-state index in [1.54, 1.807) is 0 Å². The minimum absolute atomic E-state index is 0.0857. The number of aromatic nitrogens is 2. The van der Waals surface area contributed by atoms with E-state index in [2.05, 4.69) is 15.1 Å². The van der Waals surface area contributed by atoms with Crippen molar-refractivity contribution in [1.29, 1.82) is 0 Å². The van der Waals surface area contributed by atoms with Crippen molar-refractivity contribution in [3.8, 4) is 11.6 Å². The van der Waals surface area contributed by atoms with Crippen LogP contribution in [-0.4, -0.2) is 21.0 Å². The molecule has 0 saturated heterocycles. The van der Waals surface area contributed by atoms with Crippen LogP contribution in [0.3, 0.4) is 0 Å². The Balaban J connectivity index is 2.35. The molecule has 9 heteroatoms. The second-order valence-electron chi connectivity index (χ2n) is 3.82. The summed E-state index contributed by atoms with van der Waals surface area (Å²) in [5.41, 5.74) is 4.43. The van der Waals surface area contributed by atoms with E-state index in [4.69, 9.17) is 15.7 Å². The van der Waals surface area contributed by atoms with Gasteiger partial charge in [0.25, 0.3) is 0 Å². The largest absolute Gasteiger partial charge is 0.437 e. The van der Waals surface area contributed by atoms with Gasteiger partial charge in [0.2, 0.25) is 5.88 Å². The van der Waals surface area contributed by atoms with Crippen molar-refractivity contribution >= 4 is 5.84 Å². The summed E-state index contributed by atoms with van der Waals surface area (Å²) >= 11 is 0. The number of hydrogen-bond donors (Lipinski definition) is 2. The Morgan fingerprint density at radius 3 is 2.62 bits per heavy atom. The van der Waals surface area contributed by atoms with Crippen LogP contribution in [-0.2, 0) is 6.18 Å². The first-order valence-corrected chi connectivity index (χ1v) is 5.56. The van der Waals surface area contributed by atoms with Gasteiger partial charge in [-0.05, 0) is 18.2 Å². The summed E-state index contributed by atoms with van der Waals surface area (Å²) in [6.07, 6.45) is -1.96. The van der Waals surface area contributed by atoms with Crippen molar-refractivity contribution in [1.82, 2.24) is 9.97 Å². The topological polar surface area (TPSA) is 93.6 Å². The zero-order chi connectivity index (χ0) is 15.5. The average Bonchev–Trinajstić information content (AvgIpc) is 2.46. The second-order valence-corrected chi connectivity index (χ2v) is 3.82. The minimum Gasteiger partial charge on any atom is -0.437 e. The number of nitrogens with two attached hydrogens (primary N) is 1. The summed E-state index contributed by atoms with van der Waals surface area (Å²) in [7, 11) is 0. The highest BCUT2D eigenvalue weighted by Crippen LogP contribution is 2.32. The number of benzene rings is 1. The first-order chi connectivity index (χ1) is 9.91. The quantitative estimate of drug-likeness (QED) is 0.393. The number of amidine groups is 1. The molecule has 0 atom stereocenters. The van der Waals surface area contributed by atoms with Crippen molar-refractivity contribution in [2.24, 2.45) is 10.9 Å². The number of alkyl halides is 3. The predicted octanol–water partition coefficient (Wildman–Crippen LogP) is 2.38. The first-order valence-electron chi connectivity index (χ1n) is 5.56. The zero-order valence-electron chi connectivity index (χ0n) is 10.4. The maximum Gasteiger partial charge on any atom is 0.416 e. The van der Waals surface area contributed by atoms with Gasteiger partial charge in [-0.2, -0.15) is 13.2 Å². The monoisotopic (exact) mass is 298 g/mol. The fourth-order valence-corrected chi connectivity index (χ4v) is 1.47. The smallest absolute Gasteiger partial charge is 0.416 e. The van der Waals surface area contributed by atoms with E-state index in [-0.39, 0.29) is 23.2 Å². The molecule has 2 rings (SSSR count). The SMILES string of the molecule is NC(=NO)c1nccnc1Oc1cccc(C(F)(F)F)c1.